The van der Waals surface area contributed by atoms with Gasteiger partial charge < -0.3 is 15.9 Å². The van der Waals surface area contributed by atoms with E-state index >= 15 is 0 Å². The molecule has 0 saturated heterocycles. The molecule has 0 bridgehead atoms. The van der Waals surface area contributed by atoms with E-state index in [1.165, 1.54) is 6.07 Å². The van der Waals surface area contributed by atoms with E-state index < -0.39 is 11.9 Å². The monoisotopic (exact) mass is 475 g/mol. The average Bonchev–Trinajstić information content (AvgIpc) is 2.82. The molecule has 34 heavy (non-hydrogen) atoms. The zero-order valence-corrected chi connectivity index (χ0v) is 21.4. The van der Waals surface area contributed by atoms with Crippen LogP contribution in [0.4, 0.5) is 5.69 Å². The van der Waals surface area contributed by atoms with Gasteiger partial charge in [0.1, 0.15) is 5.70 Å². The van der Waals surface area contributed by atoms with Crippen LogP contribution >= 0.6 is 0 Å². The quantitative estimate of drug-likeness (QED) is 0.208. The highest BCUT2D eigenvalue weighted by Gasteiger charge is 2.21. The molecule has 0 unspecified atom stereocenters. The molecule has 0 aliphatic rings. The van der Waals surface area contributed by atoms with Crippen LogP contribution < -0.4 is 16.6 Å². The Morgan fingerprint density at radius 3 is 1.71 bits per heavy atom. The molecule has 7 heteroatoms. The highest BCUT2D eigenvalue weighted by Crippen LogP contribution is 2.30. The van der Waals surface area contributed by atoms with Crippen molar-refractivity contribution in [3.63, 3.8) is 0 Å². The summed E-state index contributed by atoms with van der Waals surface area (Å²) < 4.78 is 0. The highest BCUT2D eigenvalue weighted by atomic mass is 16.4. The summed E-state index contributed by atoms with van der Waals surface area (Å²) in [6.07, 6.45) is 0. The molecule has 0 amide bonds. The molecule has 0 radical (unpaired) electrons. The Morgan fingerprint density at radius 1 is 0.853 bits per heavy atom. The number of aryl methyl sites for hydroxylation is 1. The van der Waals surface area contributed by atoms with Gasteiger partial charge in [0.2, 0.25) is 0 Å². The van der Waals surface area contributed by atoms with E-state index in [0.717, 1.165) is 16.1 Å². The Kier molecular flexibility index (Phi) is 18.8. The molecule has 0 fully saturated rings. The van der Waals surface area contributed by atoms with Gasteiger partial charge in [-0.25, -0.2) is 15.4 Å². The minimum absolute atomic E-state index is 0. The lowest BCUT2D eigenvalue weighted by Gasteiger charge is -2.26. The summed E-state index contributed by atoms with van der Waals surface area (Å²) in [7, 11) is 0. The van der Waals surface area contributed by atoms with Crippen LogP contribution in [0.25, 0.3) is 11.1 Å². The summed E-state index contributed by atoms with van der Waals surface area (Å²) in [6, 6.07) is 12.2. The van der Waals surface area contributed by atoms with E-state index in [0.29, 0.717) is 11.3 Å². The Balaban J connectivity index is -0.00000127. The first-order valence-electron chi connectivity index (χ1n) is 11.3. The number of anilines is 1. The van der Waals surface area contributed by atoms with Gasteiger partial charge >= 0.3 is 11.9 Å². The molecule has 0 heterocycles. The Labute approximate surface area is 206 Å². The Bertz CT molecular complexity index is 905. The van der Waals surface area contributed by atoms with E-state index in [9.17, 15) is 19.8 Å². The van der Waals surface area contributed by atoms with Gasteiger partial charge in [-0.15, -0.1) is 0 Å². The summed E-state index contributed by atoms with van der Waals surface area (Å²) >= 11 is 0. The fraction of sp³-hybridized carbons (Fsp3) is 0.407. The molecule has 2 aromatic carbocycles. The van der Waals surface area contributed by atoms with Crippen molar-refractivity contribution < 1.29 is 19.8 Å². The fourth-order valence-electron chi connectivity index (χ4n) is 2.75. The lowest BCUT2D eigenvalue weighted by molar-refractivity contribution is -0.132. The van der Waals surface area contributed by atoms with E-state index in [2.05, 4.69) is 0 Å². The summed E-state index contributed by atoms with van der Waals surface area (Å²) in [4.78, 5) is 22.9. The van der Waals surface area contributed by atoms with Crippen molar-refractivity contribution in [2.24, 2.45) is 17.5 Å². The number of allylic oxidation sites excluding steroid dienone is 1. The van der Waals surface area contributed by atoms with Crippen LogP contribution in [0, 0.1) is 12.8 Å². The minimum Gasteiger partial charge on any atom is -0.478 e. The van der Waals surface area contributed by atoms with Gasteiger partial charge in [-0.05, 0) is 42.2 Å². The molecule has 0 aromatic heterocycles. The molecule has 0 atom stereocenters. The van der Waals surface area contributed by atoms with Crippen LogP contribution in [-0.4, -0.2) is 22.2 Å². The van der Waals surface area contributed by atoms with Crippen LogP contribution in [0.5, 0.6) is 0 Å². The van der Waals surface area contributed by atoms with Gasteiger partial charge in [-0.3, -0.25) is 5.01 Å². The van der Waals surface area contributed by atoms with Crippen LogP contribution in [0.1, 0.15) is 78.7 Å². The first-order chi connectivity index (χ1) is 15.6. The first-order valence-corrected chi connectivity index (χ1v) is 11.3. The molecule has 192 valence electrons. The van der Waals surface area contributed by atoms with Crippen LogP contribution in [0.3, 0.4) is 0 Å². The highest BCUT2D eigenvalue weighted by molar-refractivity contribution is 5.92. The van der Waals surface area contributed by atoms with Crippen molar-refractivity contribution in [2.75, 3.05) is 5.01 Å². The molecule has 2 aromatic rings. The minimum atomic E-state index is -1.29. The van der Waals surface area contributed by atoms with E-state index in [-0.39, 0.29) is 30.3 Å². The first kappa shape index (κ1) is 35.3. The van der Waals surface area contributed by atoms with Gasteiger partial charge in [0.25, 0.3) is 0 Å². The number of benzene rings is 2. The number of hydrogen-bond acceptors (Lipinski definition) is 5. The molecule has 0 saturated carbocycles. The number of carboxylic acids is 2. The predicted molar refractivity (Wildman–Crippen MR) is 145 cm³/mol. The third-order valence-corrected chi connectivity index (χ3v) is 4.14. The number of rotatable bonds is 6. The molecular weight excluding hydrogens is 430 g/mol. The van der Waals surface area contributed by atoms with Crippen molar-refractivity contribution in [2.45, 2.75) is 69.7 Å². The second-order valence-corrected chi connectivity index (χ2v) is 6.57. The van der Waals surface area contributed by atoms with Gasteiger partial charge in [0.05, 0.1) is 16.9 Å². The number of carboxylic acid groups (broad SMARTS) is 2. The van der Waals surface area contributed by atoms with Crippen LogP contribution in [0.15, 0.2) is 53.9 Å². The number of hydrazine groups is 1. The maximum absolute atomic E-state index is 11.6. The van der Waals surface area contributed by atoms with E-state index in [1.54, 1.807) is 26.0 Å². The van der Waals surface area contributed by atoms with Crippen molar-refractivity contribution >= 4 is 17.6 Å². The smallest absolute Gasteiger partial charge is 0.353 e. The fourth-order valence-corrected chi connectivity index (χ4v) is 2.75. The number of carbonyl (C=O) groups is 2. The second-order valence-electron chi connectivity index (χ2n) is 6.57. The van der Waals surface area contributed by atoms with Gasteiger partial charge in [0.15, 0.2) is 0 Å². The maximum Gasteiger partial charge on any atom is 0.353 e. The SMILES string of the molecule is C.CC.CC.CC.Cc1ccc(-c2cc(C(=O)O)cc(N(N)/C(=C(\N)C(=O)O)C(C)C)c2)cc1. The van der Waals surface area contributed by atoms with Crippen LogP contribution in [-0.2, 0) is 4.79 Å². The molecule has 0 spiro atoms. The Hall–Kier alpha value is -3.32. The number of hydrogen-bond donors (Lipinski definition) is 4. The predicted octanol–water partition coefficient (Wildman–Crippen LogP) is 6.67. The molecular formula is C27H45N3O4. The zero-order valence-electron chi connectivity index (χ0n) is 21.4. The molecule has 2 rings (SSSR count). The van der Waals surface area contributed by atoms with Crippen LogP contribution in [0.2, 0.25) is 0 Å². The lowest BCUT2D eigenvalue weighted by atomic mass is 10.00. The van der Waals surface area contributed by atoms with Crippen molar-refractivity contribution in [3.05, 3.63) is 65.0 Å². The van der Waals surface area contributed by atoms with Crippen molar-refractivity contribution in [1.29, 1.82) is 0 Å². The van der Waals surface area contributed by atoms with E-state index in [1.807, 2.05) is 72.7 Å². The number of aromatic carboxylic acids is 1. The van der Waals surface area contributed by atoms with Gasteiger partial charge in [0, 0.05) is 0 Å². The van der Waals surface area contributed by atoms with E-state index in [4.69, 9.17) is 11.6 Å². The molecule has 6 N–H and O–H groups in total. The lowest BCUT2D eigenvalue weighted by Crippen LogP contribution is -2.36. The normalized spacial score (nSPS) is 9.97. The van der Waals surface area contributed by atoms with Crippen molar-refractivity contribution in [3.8, 4) is 11.1 Å². The molecule has 0 aliphatic heterocycles. The molecule has 7 nitrogen and oxygen atoms in total. The summed E-state index contributed by atoms with van der Waals surface area (Å²) in [5.41, 5.74) is 8.43. The third-order valence-electron chi connectivity index (χ3n) is 4.14. The summed E-state index contributed by atoms with van der Waals surface area (Å²) in [6.45, 7) is 17.5. The van der Waals surface area contributed by atoms with Gasteiger partial charge in [-0.2, -0.15) is 0 Å². The summed E-state index contributed by atoms with van der Waals surface area (Å²) in [5, 5.41) is 19.8. The average molecular weight is 476 g/mol. The zero-order chi connectivity index (χ0) is 26.3. The standard InChI is InChI=1S/C20H23N3O4.3C2H6.CH4/c1-11(2)18(17(21)20(26)27)23(22)16-9-14(8-15(10-16)19(24)25)13-6-4-12(3)5-7-13;3*1-2;/h4-11H,21-22H2,1-3H3,(H,24,25)(H,26,27);3*1-2H3;1H4/b18-17-;;;;. The second kappa shape index (κ2) is 18.1. The topological polar surface area (TPSA) is 130 Å². The van der Waals surface area contributed by atoms with Crippen molar-refractivity contribution in [1.82, 2.24) is 0 Å². The number of aliphatic carboxylic acids is 1. The Morgan fingerprint density at radius 2 is 1.32 bits per heavy atom. The third kappa shape index (κ3) is 10.1. The number of nitrogens with two attached hydrogens (primary N) is 2. The largest absolute Gasteiger partial charge is 0.478 e. The number of nitrogens with zero attached hydrogens (tertiary/aromatic N) is 1. The van der Waals surface area contributed by atoms with Gasteiger partial charge in [-0.1, -0.05) is 92.6 Å². The summed E-state index contributed by atoms with van der Waals surface area (Å²) in [5.74, 6) is 3.47. The maximum atomic E-state index is 11.6. The molecule has 0 aliphatic carbocycles.